The number of nitrogens with zero attached hydrogens (tertiary/aromatic N) is 1. The molecule has 1 heterocycles. The summed E-state index contributed by atoms with van der Waals surface area (Å²) in [5, 5.41) is 3.60. The molecule has 0 aromatic heterocycles. The molecule has 0 bridgehead atoms. The van der Waals surface area contributed by atoms with Crippen LogP contribution in [-0.4, -0.2) is 48.8 Å². The highest BCUT2D eigenvalue weighted by Crippen LogP contribution is 2.30. The van der Waals surface area contributed by atoms with Crippen molar-refractivity contribution in [2.45, 2.75) is 82.6 Å². The van der Waals surface area contributed by atoms with Gasteiger partial charge in [-0.2, -0.15) is 0 Å². The molecule has 2 aliphatic carbocycles. The van der Waals surface area contributed by atoms with E-state index < -0.39 is 0 Å². The molecule has 3 aliphatic rings. The van der Waals surface area contributed by atoms with Crippen LogP contribution in [0.25, 0.3) is 0 Å². The van der Waals surface area contributed by atoms with Crippen LogP contribution in [-0.2, 0) is 4.74 Å². The lowest BCUT2D eigenvalue weighted by Gasteiger charge is -2.25. The van der Waals surface area contributed by atoms with Crippen molar-refractivity contribution in [3.05, 3.63) is 0 Å². The molecule has 2 atom stereocenters. The Morgan fingerprint density at radius 1 is 1.05 bits per heavy atom. The highest BCUT2D eigenvalue weighted by molar-refractivity contribution is 4.88. The van der Waals surface area contributed by atoms with Gasteiger partial charge in [0.25, 0.3) is 0 Å². The van der Waals surface area contributed by atoms with Crippen molar-refractivity contribution >= 4 is 0 Å². The molecule has 19 heavy (non-hydrogen) atoms. The number of hydrogen-bond donors (Lipinski definition) is 1. The van der Waals surface area contributed by atoms with Crippen molar-refractivity contribution < 1.29 is 4.74 Å². The van der Waals surface area contributed by atoms with Gasteiger partial charge in [-0.05, 0) is 51.5 Å². The van der Waals surface area contributed by atoms with Gasteiger partial charge in [0.2, 0.25) is 0 Å². The van der Waals surface area contributed by atoms with E-state index >= 15 is 0 Å². The first-order chi connectivity index (χ1) is 9.35. The topological polar surface area (TPSA) is 24.5 Å². The summed E-state index contributed by atoms with van der Waals surface area (Å²) in [4.78, 5) is 2.70. The zero-order valence-corrected chi connectivity index (χ0v) is 12.4. The molecular formula is C16H30N2O. The molecule has 0 spiro atoms. The van der Waals surface area contributed by atoms with E-state index in [1.165, 1.54) is 64.5 Å². The van der Waals surface area contributed by atoms with E-state index in [2.05, 4.69) is 17.1 Å². The number of ether oxygens (including phenoxy) is 1. The smallest absolute Gasteiger partial charge is 0.0707 e. The molecule has 3 rings (SSSR count). The first-order valence-corrected chi connectivity index (χ1v) is 8.48. The maximum Gasteiger partial charge on any atom is 0.0707 e. The van der Waals surface area contributed by atoms with E-state index in [1.807, 2.05) is 0 Å². The molecule has 2 unspecified atom stereocenters. The van der Waals surface area contributed by atoms with Gasteiger partial charge in [-0.1, -0.05) is 13.3 Å². The van der Waals surface area contributed by atoms with Gasteiger partial charge in [0.05, 0.1) is 12.2 Å². The van der Waals surface area contributed by atoms with Gasteiger partial charge in [0, 0.05) is 25.2 Å². The second-order valence-electron chi connectivity index (χ2n) is 6.72. The highest BCUT2D eigenvalue weighted by atomic mass is 16.5. The van der Waals surface area contributed by atoms with Crippen molar-refractivity contribution in [1.82, 2.24) is 10.2 Å². The van der Waals surface area contributed by atoms with Gasteiger partial charge >= 0.3 is 0 Å². The van der Waals surface area contributed by atoms with Crippen LogP contribution in [0.5, 0.6) is 0 Å². The Kier molecular flexibility index (Phi) is 4.78. The minimum absolute atomic E-state index is 0.484. The quantitative estimate of drug-likeness (QED) is 0.694. The molecule has 3 heteroatoms. The summed E-state index contributed by atoms with van der Waals surface area (Å²) < 4.78 is 6.22. The lowest BCUT2D eigenvalue weighted by molar-refractivity contribution is 0.0213. The standard InChI is InChI=1S/C16H30N2O/c1-2-3-10-18(14-6-7-14)12-16-9-8-15(19-16)11-17-13-4-5-13/h13-17H,2-12H2,1H3. The van der Waals surface area contributed by atoms with E-state index in [-0.39, 0.29) is 0 Å². The summed E-state index contributed by atoms with van der Waals surface area (Å²) in [6.45, 7) is 5.84. The van der Waals surface area contributed by atoms with Crippen molar-refractivity contribution in [3.63, 3.8) is 0 Å². The summed E-state index contributed by atoms with van der Waals surface area (Å²) in [5.74, 6) is 0. The summed E-state index contributed by atoms with van der Waals surface area (Å²) in [6.07, 6.45) is 11.8. The normalized spacial score (nSPS) is 31.3. The van der Waals surface area contributed by atoms with Crippen LogP contribution in [0.15, 0.2) is 0 Å². The Labute approximate surface area is 118 Å². The number of rotatable bonds is 9. The third kappa shape index (κ3) is 4.44. The van der Waals surface area contributed by atoms with Crippen LogP contribution < -0.4 is 5.32 Å². The van der Waals surface area contributed by atoms with Crippen molar-refractivity contribution in [2.75, 3.05) is 19.6 Å². The third-order valence-corrected chi connectivity index (χ3v) is 4.71. The van der Waals surface area contributed by atoms with E-state index in [4.69, 9.17) is 4.74 Å². The minimum Gasteiger partial charge on any atom is -0.372 e. The first-order valence-electron chi connectivity index (χ1n) is 8.48. The molecule has 0 aromatic carbocycles. The number of nitrogens with one attached hydrogen (secondary N) is 1. The molecule has 1 aliphatic heterocycles. The zero-order valence-electron chi connectivity index (χ0n) is 12.4. The summed E-state index contributed by atoms with van der Waals surface area (Å²) in [5.41, 5.74) is 0. The van der Waals surface area contributed by atoms with Crippen LogP contribution >= 0.6 is 0 Å². The largest absolute Gasteiger partial charge is 0.372 e. The molecule has 0 radical (unpaired) electrons. The van der Waals surface area contributed by atoms with Crippen LogP contribution in [0, 0.1) is 0 Å². The van der Waals surface area contributed by atoms with E-state index in [9.17, 15) is 0 Å². The second-order valence-corrected chi connectivity index (χ2v) is 6.72. The Morgan fingerprint density at radius 2 is 1.84 bits per heavy atom. The average molecular weight is 266 g/mol. The van der Waals surface area contributed by atoms with Crippen LogP contribution in [0.3, 0.4) is 0 Å². The molecule has 1 saturated heterocycles. The van der Waals surface area contributed by atoms with Crippen molar-refractivity contribution in [3.8, 4) is 0 Å². The Hall–Kier alpha value is -0.120. The predicted molar refractivity (Wildman–Crippen MR) is 78.4 cm³/mol. The van der Waals surface area contributed by atoms with Crippen molar-refractivity contribution in [1.29, 1.82) is 0 Å². The molecule has 0 amide bonds. The Morgan fingerprint density at radius 3 is 2.53 bits per heavy atom. The average Bonchev–Trinajstić information content (AvgIpc) is 3.32. The number of unbranched alkanes of at least 4 members (excludes halogenated alkanes) is 1. The van der Waals surface area contributed by atoms with Gasteiger partial charge < -0.3 is 10.1 Å². The highest BCUT2D eigenvalue weighted by Gasteiger charge is 2.33. The van der Waals surface area contributed by atoms with Crippen LogP contribution in [0.1, 0.15) is 58.3 Å². The summed E-state index contributed by atoms with van der Waals surface area (Å²) in [7, 11) is 0. The molecule has 3 nitrogen and oxygen atoms in total. The Bertz CT molecular complexity index is 276. The first kappa shape index (κ1) is 13.8. The maximum atomic E-state index is 6.22. The van der Waals surface area contributed by atoms with E-state index in [0.29, 0.717) is 12.2 Å². The SMILES string of the molecule is CCCCN(CC1CCC(CNC2CC2)O1)C1CC1. The number of hydrogen-bond acceptors (Lipinski definition) is 3. The maximum absolute atomic E-state index is 6.22. The molecular weight excluding hydrogens is 236 g/mol. The van der Waals surface area contributed by atoms with Crippen molar-refractivity contribution in [2.24, 2.45) is 0 Å². The molecule has 3 fully saturated rings. The third-order valence-electron chi connectivity index (χ3n) is 4.71. The van der Waals surface area contributed by atoms with Crippen LogP contribution in [0.2, 0.25) is 0 Å². The lowest BCUT2D eigenvalue weighted by Crippen LogP contribution is -2.36. The second kappa shape index (κ2) is 6.55. The zero-order chi connectivity index (χ0) is 13.1. The Balaban J connectivity index is 1.36. The van der Waals surface area contributed by atoms with Gasteiger partial charge in [0.1, 0.15) is 0 Å². The van der Waals surface area contributed by atoms with Gasteiger partial charge in [-0.3, -0.25) is 4.90 Å². The fraction of sp³-hybridized carbons (Fsp3) is 1.00. The monoisotopic (exact) mass is 266 g/mol. The summed E-state index contributed by atoms with van der Waals surface area (Å²) >= 11 is 0. The minimum atomic E-state index is 0.484. The lowest BCUT2D eigenvalue weighted by atomic mass is 10.2. The van der Waals surface area contributed by atoms with Gasteiger partial charge in [0.15, 0.2) is 0 Å². The fourth-order valence-corrected chi connectivity index (χ4v) is 3.14. The fourth-order valence-electron chi connectivity index (χ4n) is 3.14. The van der Waals surface area contributed by atoms with E-state index in [0.717, 1.165) is 18.6 Å². The van der Waals surface area contributed by atoms with E-state index in [1.54, 1.807) is 0 Å². The molecule has 110 valence electrons. The molecule has 0 aromatic rings. The van der Waals surface area contributed by atoms with Crippen LogP contribution in [0.4, 0.5) is 0 Å². The van der Waals surface area contributed by atoms with Gasteiger partial charge in [-0.25, -0.2) is 0 Å². The predicted octanol–water partition coefficient (Wildman–Crippen LogP) is 2.55. The van der Waals surface area contributed by atoms with Gasteiger partial charge in [-0.15, -0.1) is 0 Å². The molecule has 2 saturated carbocycles. The molecule has 1 N–H and O–H groups in total. The summed E-state index contributed by atoms with van der Waals surface area (Å²) in [6, 6.07) is 1.70.